The molecule has 0 aliphatic carbocycles. The van der Waals surface area contributed by atoms with Crippen LogP contribution in [-0.4, -0.2) is 0 Å². The molecular formula is C20H21NS. The van der Waals surface area contributed by atoms with Crippen molar-refractivity contribution < 1.29 is 0 Å². The zero-order valence-electron chi connectivity index (χ0n) is 13.3. The topological polar surface area (TPSA) is 3.24 Å². The molecule has 1 heterocycles. The summed E-state index contributed by atoms with van der Waals surface area (Å²) in [5.41, 5.74) is 5.08. The number of hydrogen-bond donors (Lipinski definition) is 0. The molecule has 0 bridgehead atoms. The van der Waals surface area contributed by atoms with Crippen LogP contribution in [0.5, 0.6) is 0 Å². The first-order valence-corrected chi connectivity index (χ1v) is 8.52. The van der Waals surface area contributed by atoms with Gasteiger partial charge in [-0.3, -0.25) is 0 Å². The highest BCUT2D eigenvalue weighted by molar-refractivity contribution is 7.16. The van der Waals surface area contributed by atoms with Crippen LogP contribution < -0.4 is 4.90 Å². The molecule has 0 amide bonds. The van der Waals surface area contributed by atoms with Crippen molar-refractivity contribution in [1.29, 1.82) is 0 Å². The third kappa shape index (κ3) is 2.93. The van der Waals surface area contributed by atoms with E-state index < -0.39 is 0 Å². The van der Waals surface area contributed by atoms with Crippen LogP contribution >= 0.6 is 11.3 Å². The highest BCUT2D eigenvalue weighted by atomic mass is 32.1. The first kappa shape index (κ1) is 14.9. The maximum Gasteiger partial charge on any atom is 0.100 e. The predicted octanol–water partition coefficient (Wildman–Crippen LogP) is 6.40. The number of benzene rings is 2. The van der Waals surface area contributed by atoms with Crippen molar-refractivity contribution in [2.45, 2.75) is 27.2 Å². The summed E-state index contributed by atoms with van der Waals surface area (Å²) in [6, 6.07) is 21.7. The van der Waals surface area contributed by atoms with Crippen molar-refractivity contribution in [2.75, 3.05) is 4.90 Å². The van der Waals surface area contributed by atoms with Crippen LogP contribution in [0, 0.1) is 13.8 Å². The molecule has 0 spiro atoms. The number of rotatable bonds is 4. The molecule has 3 aromatic rings. The normalized spacial score (nSPS) is 10.7. The zero-order chi connectivity index (χ0) is 15.5. The summed E-state index contributed by atoms with van der Waals surface area (Å²) >= 11 is 1.87. The van der Waals surface area contributed by atoms with Gasteiger partial charge in [0.1, 0.15) is 5.00 Å². The molecule has 112 valence electrons. The summed E-state index contributed by atoms with van der Waals surface area (Å²) in [5, 5.41) is 1.27. The molecule has 2 aromatic carbocycles. The molecule has 0 radical (unpaired) electrons. The van der Waals surface area contributed by atoms with Gasteiger partial charge in [0.05, 0.1) is 0 Å². The molecule has 0 saturated heterocycles. The van der Waals surface area contributed by atoms with Gasteiger partial charge in [0.25, 0.3) is 0 Å². The monoisotopic (exact) mass is 307 g/mol. The fourth-order valence-corrected chi connectivity index (χ4v) is 3.51. The van der Waals surface area contributed by atoms with E-state index in [2.05, 4.69) is 86.3 Å². The molecule has 0 saturated carbocycles. The summed E-state index contributed by atoms with van der Waals surface area (Å²) in [5.74, 6) is 0. The van der Waals surface area contributed by atoms with Crippen LogP contribution in [-0.2, 0) is 6.42 Å². The number of hydrogen-bond acceptors (Lipinski definition) is 2. The Kier molecular flexibility index (Phi) is 4.30. The number of nitrogens with zero attached hydrogens (tertiary/aromatic N) is 1. The number of anilines is 3. The van der Waals surface area contributed by atoms with E-state index in [0.29, 0.717) is 0 Å². The Balaban J connectivity index is 2.12. The summed E-state index contributed by atoms with van der Waals surface area (Å²) in [6.07, 6.45) is 1.08. The van der Waals surface area contributed by atoms with E-state index in [0.717, 1.165) is 6.42 Å². The van der Waals surface area contributed by atoms with Crippen molar-refractivity contribution in [3.63, 3.8) is 0 Å². The first-order chi connectivity index (χ1) is 10.7. The molecule has 0 N–H and O–H groups in total. The van der Waals surface area contributed by atoms with E-state index in [1.165, 1.54) is 32.4 Å². The molecule has 0 fully saturated rings. The van der Waals surface area contributed by atoms with E-state index in [9.17, 15) is 0 Å². The van der Waals surface area contributed by atoms with Gasteiger partial charge in [0, 0.05) is 16.3 Å². The van der Waals surface area contributed by atoms with Crippen molar-refractivity contribution in [3.8, 4) is 0 Å². The second-order valence-corrected chi connectivity index (χ2v) is 6.68. The number of thiophene rings is 1. The van der Waals surface area contributed by atoms with Gasteiger partial charge < -0.3 is 4.90 Å². The predicted molar refractivity (Wildman–Crippen MR) is 97.9 cm³/mol. The average molecular weight is 307 g/mol. The minimum atomic E-state index is 1.08. The number of para-hydroxylation sites is 1. The second-order valence-electron chi connectivity index (χ2n) is 5.53. The smallest absolute Gasteiger partial charge is 0.100 e. The lowest BCUT2D eigenvalue weighted by Gasteiger charge is -2.24. The zero-order valence-corrected chi connectivity index (χ0v) is 14.2. The third-order valence-corrected chi connectivity index (χ3v) is 5.19. The van der Waals surface area contributed by atoms with Gasteiger partial charge in [-0.15, -0.1) is 11.3 Å². The van der Waals surface area contributed by atoms with E-state index in [1.807, 2.05) is 11.3 Å². The van der Waals surface area contributed by atoms with E-state index >= 15 is 0 Å². The second kappa shape index (κ2) is 6.37. The van der Waals surface area contributed by atoms with Crippen LogP contribution in [0.2, 0.25) is 0 Å². The Morgan fingerprint density at radius 2 is 1.59 bits per heavy atom. The Morgan fingerprint density at radius 3 is 2.23 bits per heavy atom. The van der Waals surface area contributed by atoms with Gasteiger partial charge in [0.15, 0.2) is 0 Å². The van der Waals surface area contributed by atoms with E-state index in [-0.39, 0.29) is 0 Å². The molecule has 1 nitrogen and oxygen atoms in total. The number of aryl methyl sites for hydroxylation is 3. The lowest BCUT2D eigenvalue weighted by atomic mass is 10.1. The summed E-state index contributed by atoms with van der Waals surface area (Å²) in [6.45, 7) is 6.54. The Labute approximate surface area is 136 Å². The molecule has 2 heteroatoms. The summed E-state index contributed by atoms with van der Waals surface area (Å²) < 4.78 is 0. The average Bonchev–Trinajstić information content (AvgIpc) is 3.01. The van der Waals surface area contributed by atoms with E-state index in [1.54, 1.807) is 0 Å². The van der Waals surface area contributed by atoms with Gasteiger partial charge in [-0.1, -0.05) is 31.2 Å². The van der Waals surface area contributed by atoms with Crippen LogP contribution in [0.1, 0.15) is 22.9 Å². The minimum absolute atomic E-state index is 1.08. The van der Waals surface area contributed by atoms with Gasteiger partial charge in [-0.05, 0) is 67.8 Å². The van der Waals surface area contributed by atoms with Gasteiger partial charge >= 0.3 is 0 Å². The van der Waals surface area contributed by atoms with Crippen LogP contribution in [0.25, 0.3) is 0 Å². The van der Waals surface area contributed by atoms with Gasteiger partial charge in [-0.25, -0.2) is 0 Å². The molecule has 0 atom stereocenters. The SMILES string of the molecule is CCc1ccc(N(c2ccccc2)c2ccc(C)c(C)c2)s1. The van der Waals surface area contributed by atoms with Crippen molar-refractivity contribution in [1.82, 2.24) is 0 Å². The quantitative estimate of drug-likeness (QED) is 0.539. The first-order valence-electron chi connectivity index (χ1n) is 7.70. The maximum atomic E-state index is 2.34. The lowest BCUT2D eigenvalue weighted by Crippen LogP contribution is -2.08. The highest BCUT2D eigenvalue weighted by Gasteiger charge is 2.14. The molecule has 1 aromatic heterocycles. The van der Waals surface area contributed by atoms with E-state index in [4.69, 9.17) is 0 Å². The Morgan fingerprint density at radius 1 is 0.818 bits per heavy atom. The Bertz CT molecular complexity index is 758. The lowest BCUT2D eigenvalue weighted by molar-refractivity contribution is 1.19. The minimum Gasteiger partial charge on any atom is -0.302 e. The highest BCUT2D eigenvalue weighted by Crippen LogP contribution is 2.39. The largest absolute Gasteiger partial charge is 0.302 e. The van der Waals surface area contributed by atoms with Crippen LogP contribution in [0.3, 0.4) is 0 Å². The van der Waals surface area contributed by atoms with Crippen LogP contribution in [0.4, 0.5) is 16.4 Å². The van der Waals surface area contributed by atoms with Crippen molar-refractivity contribution in [2.24, 2.45) is 0 Å². The Hall–Kier alpha value is -2.06. The fraction of sp³-hybridized carbons (Fsp3) is 0.200. The van der Waals surface area contributed by atoms with Crippen molar-refractivity contribution in [3.05, 3.63) is 76.7 Å². The van der Waals surface area contributed by atoms with Crippen LogP contribution in [0.15, 0.2) is 60.7 Å². The van der Waals surface area contributed by atoms with Crippen molar-refractivity contribution >= 4 is 27.7 Å². The fourth-order valence-electron chi connectivity index (χ4n) is 2.52. The molecular weight excluding hydrogens is 286 g/mol. The molecule has 0 aliphatic heterocycles. The third-order valence-electron chi connectivity index (χ3n) is 3.98. The van der Waals surface area contributed by atoms with Gasteiger partial charge in [0.2, 0.25) is 0 Å². The summed E-state index contributed by atoms with van der Waals surface area (Å²) in [4.78, 5) is 3.76. The molecule has 3 rings (SSSR count). The maximum absolute atomic E-state index is 2.34. The molecule has 0 aliphatic rings. The molecule has 22 heavy (non-hydrogen) atoms. The van der Waals surface area contributed by atoms with Gasteiger partial charge in [-0.2, -0.15) is 0 Å². The standard InChI is InChI=1S/C20H21NS/c1-4-19-12-13-20(22-19)21(17-8-6-5-7-9-17)18-11-10-15(2)16(3)14-18/h5-14H,4H2,1-3H3. The summed E-state index contributed by atoms with van der Waals surface area (Å²) in [7, 11) is 0. The molecule has 0 unspecified atom stereocenters.